The molecule has 0 aromatic heterocycles. The van der Waals surface area contributed by atoms with Crippen LogP contribution in [0.3, 0.4) is 0 Å². The summed E-state index contributed by atoms with van der Waals surface area (Å²) in [5.41, 5.74) is 0.748. The first-order valence-corrected chi connectivity index (χ1v) is 13.6. The number of anilines is 1. The molecule has 0 unspecified atom stereocenters. The molecule has 0 saturated carbocycles. The number of carboxylic acid groups (broad SMARTS) is 1. The molecule has 0 spiro atoms. The quantitative estimate of drug-likeness (QED) is 0.449. The summed E-state index contributed by atoms with van der Waals surface area (Å²) < 4.78 is 34.2. The van der Waals surface area contributed by atoms with Gasteiger partial charge in [0, 0.05) is 11.1 Å². The Morgan fingerprint density at radius 3 is 1.25 bits per heavy atom. The second-order valence-corrected chi connectivity index (χ2v) is 14.9. The van der Waals surface area contributed by atoms with Crippen molar-refractivity contribution in [2.45, 2.75) is 105 Å². The highest BCUT2D eigenvalue weighted by atomic mass is 32.2. The summed E-state index contributed by atoms with van der Waals surface area (Å²) >= 11 is 0. The molecule has 0 saturated heterocycles. The monoisotopic (exact) mass is 517 g/mol. The van der Waals surface area contributed by atoms with Crippen LogP contribution in [0.5, 0.6) is 5.75 Å². The summed E-state index contributed by atoms with van der Waals surface area (Å²) in [6.07, 6.45) is -1.62. The Hall–Kier alpha value is -2.54. The van der Waals surface area contributed by atoms with E-state index in [0.29, 0.717) is 26.6 Å². The lowest BCUT2D eigenvalue weighted by Gasteiger charge is -2.34. The largest absolute Gasteiger partial charge is 0.464 e. The van der Waals surface area contributed by atoms with Crippen molar-refractivity contribution in [3.8, 4) is 5.75 Å². The van der Waals surface area contributed by atoms with Gasteiger partial charge in [-0.1, -0.05) is 119 Å². The molecule has 0 aliphatic rings. The van der Waals surface area contributed by atoms with Crippen molar-refractivity contribution < 1.29 is 22.5 Å². The molecule has 0 radical (unpaired) electrons. The first-order valence-electron chi connectivity index (χ1n) is 12.2. The fourth-order valence-electron chi connectivity index (χ4n) is 4.23. The molecule has 2 aromatic rings. The van der Waals surface area contributed by atoms with Gasteiger partial charge in [0.2, 0.25) is 0 Å². The number of benzene rings is 2. The molecule has 7 heteroatoms. The Bertz CT molecular complexity index is 1170. The third kappa shape index (κ3) is 6.23. The molecular formula is C29H43NO5S. The molecule has 36 heavy (non-hydrogen) atoms. The molecule has 1 amide bonds. The fourth-order valence-corrected chi connectivity index (χ4v) is 5.30. The maximum absolute atomic E-state index is 14.0. The van der Waals surface area contributed by atoms with Gasteiger partial charge in [-0.3, -0.25) is 0 Å². The molecular weight excluding hydrogens is 474 g/mol. The molecule has 2 rings (SSSR count). The average Bonchev–Trinajstić information content (AvgIpc) is 2.64. The number of nitrogens with zero attached hydrogens (tertiary/aromatic N) is 1. The van der Waals surface area contributed by atoms with E-state index in [0.717, 1.165) is 0 Å². The number of para-hydroxylation sites is 2. The third-order valence-electron chi connectivity index (χ3n) is 6.07. The number of hydrogen-bond donors (Lipinski definition) is 1. The van der Waals surface area contributed by atoms with Gasteiger partial charge in [0.15, 0.2) is 5.75 Å². The van der Waals surface area contributed by atoms with Gasteiger partial charge in [-0.2, -0.15) is 8.42 Å². The van der Waals surface area contributed by atoms with Crippen LogP contribution in [0, 0.1) is 0 Å². The topological polar surface area (TPSA) is 83.9 Å². The van der Waals surface area contributed by atoms with Gasteiger partial charge in [0.05, 0.1) is 5.69 Å². The van der Waals surface area contributed by atoms with Crippen molar-refractivity contribution in [3.05, 3.63) is 58.7 Å². The minimum absolute atomic E-state index is 0.121. The number of amides is 1. The highest BCUT2D eigenvalue weighted by molar-refractivity contribution is 7.89. The van der Waals surface area contributed by atoms with Gasteiger partial charge < -0.3 is 9.29 Å². The van der Waals surface area contributed by atoms with E-state index in [1.54, 1.807) is 12.1 Å². The second kappa shape index (κ2) is 9.40. The van der Waals surface area contributed by atoms with Crippen LogP contribution in [0.2, 0.25) is 0 Å². The lowest BCUT2D eigenvalue weighted by molar-refractivity contribution is 0.205. The Kier molecular flexibility index (Phi) is 7.75. The van der Waals surface area contributed by atoms with Crippen molar-refractivity contribution in [3.63, 3.8) is 0 Å². The maximum Gasteiger partial charge on any atom is 0.428 e. The summed E-state index contributed by atoms with van der Waals surface area (Å²) in [4.78, 5) is 12.7. The van der Waals surface area contributed by atoms with Crippen LogP contribution in [-0.4, -0.2) is 19.6 Å². The normalized spacial score (nSPS) is 13.4. The second-order valence-electron chi connectivity index (χ2n) is 13.5. The van der Waals surface area contributed by atoms with Crippen LogP contribution >= 0.6 is 0 Å². The predicted molar refractivity (Wildman–Crippen MR) is 148 cm³/mol. The molecule has 200 valence electrons. The Morgan fingerprint density at radius 2 is 0.972 bits per heavy atom. The molecule has 1 N–H and O–H groups in total. The van der Waals surface area contributed by atoms with Crippen molar-refractivity contribution in [2.24, 2.45) is 0 Å². The van der Waals surface area contributed by atoms with E-state index in [2.05, 4.69) is 0 Å². The predicted octanol–water partition coefficient (Wildman–Crippen LogP) is 7.68. The summed E-state index contributed by atoms with van der Waals surface area (Å²) in [6.45, 7) is 23.4. The number of carbonyl (C=O) groups is 1. The number of hydrogen-bond acceptors (Lipinski definition) is 4. The van der Waals surface area contributed by atoms with Gasteiger partial charge in [-0.05, 0) is 32.8 Å². The van der Waals surface area contributed by atoms with E-state index in [1.807, 2.05) is 107 Å². The van der Waals surface area contributed by atoms with Crippen LogP contribution in [0.25, 0.3) is 0 Å². The lowest BCUT2D eigenvalue weighted by Crippen LogP contribution is -2.42. The molecule has 6 nitrogen and oxygen atoms in total. The molecule has 0 aliphatic heterocycles. The smallest absolute Gasteiger partial charge is 0.428 e. The standard InChI is InChI=1S/C29H43NO5S/c1-26(2,3)19-15-13-16-20(27(4,5)6)23(19)30(25(31)32)36(33,34)35-24-21(28(7,8)9)17-14-18-22(24)29(10,11)12/h13-18H,1-12H3,(H,31,32). The minimum atomic E-state index is -4.83. The van der Waals surface area contributed by atoms with Gasteiger partial charge in [-0.15, -0.1) is 4.31 Å². The van der Waals surface area contributed by atoms with Crippen molar-refractivity contribution in [1.29, 1.82) is 0 Å². The molecule has 2 aromatic carbocycles. The van der Waals surface area contributed by atoms with E-state index < -0.39 is 38.1 Å². The Balaban J connectivity index is 2.94. The Labute approximate surface area is 217 Å². The lowest BCUT2D eigenvalue weighted by atomic mass is 9.79. The SMILES string of the molecule is CC(C)(C)c1cccc(C(C)(C)C)c1OS(=O)(=O)N(C(=O)O)c1c(C(C)(C)C)cccc1C(C)(C)C. The number of rotatable bonds is 4. The van der Waals surface area contributed by atoms with Crippen molar-refractivity contribution in [1.82, 2.24) is 0 Å². The maximum atomic E-state index is 14.0. The first kappa shape index (κ1) is 29.7. The van der Waals surface area contributed by atoms with Gasteiger partial charge in [-0.25, -0.2) is 4.79 Å². The van der Waals surface area contributed by atoms with E-state index in [-0.39, 0.29) is 11.4 Å². The Morgan fingerprint density at radius 1 is 0.667 bits per heavy atom. The molecule has 0 atom stereocenters. The summed E-state index contributed by atoms with van der Waals surface area (Å²) in [7, 11) is -4.83. The summed E-state index contributed by atoms with van der Waals surface area (Å²) in [6, 6.07) is 10.9. The van der Waals surface area contributed by atoms with Gasteiger partial charge >= 0.3 is 16.4 Å². The molecule has 0 aliphatic carbocycles. The van der Waals surface area contributed by atoms with E-state index >= 15 is 0 Å². The van der Waals surface area contributed by atoms with E-state index in [4.69, 9.17) is 4.18 Å². The van der Waals surface area contributed by atoms with Crippen molar-refractivity contribution >= 4 is 22.1 Å². The summed E-state index contributed by atoms with van der Waals surface area (Å²) in [5.74, 6) is 0.175. The molecule has 0 bridgehead atoms. The molecule has 0 fully saturated rings. The zero-order chi connectivity index (χ0) is 28.1. The summed E-state index contributed by atoms with van der Waals surface area (Å²) in [5, 5.41) is 10.3. The highest BCUT2D eigenvalue weighted by Gasteiger charge is 2.40. The zero-order valence-corrected chi connectivity index (χ0v) is 24.7. The van der Waals surface area contributed by atoms with Crippen LogP contribution in [-0.2, 0) is 32.0 Å². The fraction of sp³-hybridized carbons (Fsp3) is 0.552. The van der Waals surface area contributed by atoms with Crippen LogP contribution in [0.15, 0.2) is 36.4 Å². The third-order valence-corrected chi connectivity index (χ3v) is 7.24. The van der Waals surface area contributed by atoms with Gasteiger partial charge in [0.25, 0.3) is 0 Å². The van der Waals surface area contributed by atoms with E-state index in [9.17, 15) is 18.3 Å². The first-order chi connectivity index (χ1) is 16.0. The highest BCUT2D eigenvalue weighted by Crippen LogP contribution is 2.44. The van der Waals surface area contributed by atoms with Crippen LogP contribution in [0.4, 0.5) is 10.5 Å². The van der Waals surface area contributed by atoms with E-state index in [1.165, 1.54) is 0 Å². The van der Waals surface area contributed by atoms with Crippen LogP contribution < -0.4 is 8.49 Å². The van der Waals surface area contributed by atoms with Gasteiger partial charge in [0.1, 0.15) is 0 Å². The van der Waals surface area contributed by atoms with Crippen molar-refractivity contribution in [2.75, 3.05) is 4.31 Å². The molecule has 0 heterocycles. The minimum Gasteiger partial charge on any atom is -0.464 e. The average molecular weight is 518 g/mol. The zero-order valence-electron chi connectivity index (χ0n) is 23.9. The van der Waals surface area contributed by atoms with Crippen LogP contribution in [0.1, 0.15) is 105 Å².